The maximum Gasteiger partial charge on any atom is 0.253 e. The minimum atomic E-state index is -0.363. The summed E-state index contributed by atoms with van der Waals surface area (Å²) < 4.78 is 0. The molecule has 0 saturated carbocycles. The van der Waals surface area contributed by atoms with Gasteiger partial charge in [-0.15, -0.1) is 0 Å². The molecule has 1 spiro atoms. The third kappa shape index (κ3) is 2.29. The van der Waals surface area contributed by atoms with Gasteiger partial charge in [0.15, 0.2) is 0 Å². The number of amides is 2. The van der Waals surface area contributed by atoms with Gasteiger partial charge in [-0.05, 0) is 42.5 Å². The van der Waals surface area contributed by atoms with Crippen LogP contribution in [0.2, 0.25) is 0 Å². The first kappa shape index (κ1) is 13.1. The van der Waals surface area contributed by atoms with Crippen LogP contribution in [0.1, 0.15) is 34.3 Å². The highest BCUT2D eigenvalue weighted by molar-refractivity contribution is 5.94. The van der Waals surface area contributed by atoms with Crippen molar-refractivity contribution in [3.8, 4) is 0 Å². The number of aryl methyl sites for hydroxylation is 1. The maximum absolute atomic E-state index is 11.8. The normalized spacial score (nSPS) is 24.4. The van der Waals surface area contributed by atoms with Gasteiger partial charge in [-0.25, -0.2) is 0 Å². The van der Waals surface area contributed by atoms with Crippen LogP contribution in [0.15, 0.2) is 18.2 Å². The fraction of sp³-hybridized carbons (Fsp3) is 0.467. The van der Waals surface area contributed by atoms with E-state index in [1.165, 1.54) is 5.56 Å². The van der Waals surface area contributed by atoms with Crippen molar-refractivity contribution in [1.29, 1.82) is 0 Å². The number of hydrogen-bond donors (Lipinski definition) is 3. The fourth-order valence-electron chi connectivity index (χ4n) is 3.30. The highest BCUT2D eigenvalue weighted by Crippen LogP contribution is 2.40. The first-order chi connectivity index (χ1) is 9.62. The second-order valence-corrected chi connectivity index (χ2v) is 5.78. The van der Waals surface area contributed by atoms with Gasteiger partial charge in [0.1, 0.15) is 6.73 Å². The summed E-state index contributed by atoms with van der Waals surface area (Å²) in [4.78, 5) is 23.2. The highest BCUT2D eigenvalue weighted by atomic mass is 16.3. The molecule has 2 aliphatic rings. The van der Waals surface area contributed by atoms with Gasteiger partial charge >= 0.3 is 0 Å². The van der Waals surface area contributed by atoms with E-state index in [4.69, 9.17) is 5.11 Å². The SMILES string of the molecule is O=C1C[C@]2(CCc3ccc(C(=O)NCO)cc3C2)CN1. The van der Waals surface area contributed by atoms with Crippen LogP contribution in [0.25, 0.3) is 0 Å². The zero-order valence-corrected chi connectivity index (χ0v) is 11.2. The van der Waals surface area contributed by atoms with Gasteiger partial charge in [0.05, 0.1) is 0 Å². The van der Waals surface area contributed by atoms with Crippen molar-refractivity contribution < 1.29 is 14.7 Å². The molecule has 1 aliphatic carbocycles. The molecule has 5 heteroatoms. The average molecular weight is 274 g/mol. The zero-order valence-electron chi connectivity index (χ0n) is 11.2. The molecular formula is C15H18N2O3. The molecule has 3 N–H and O–H groups in total. The van der Waals surface area contributed by atoms with E-state index in [1.54, 1.807) is 6.07 Å². The average Bonchev–Trinajstić information content (AvgIpc) is 2.79. The molecule has 106 valence electrons. The van der Waals surface area contributed by atoms with Gasteiger partial charge in [-0.1, -0.05) is 6.07 Å². The van der Waals surface area contributed by atoms with Crippen LogP contribution in [-0.4, -0.2) is 30.2 Å². The van der Waals surface area contributed by atoms with E-state index in [2.05, 4.69) is 10.6 Å². The quantitative estimate of drug-likeness (QED) is 0.681. The monoisotopic (exact) mass is 274 g/mol. The van der Waals surface area contributed by atoms with Gasteiger partial charge in [0, 0.05) is 23.9 Å². The van der Waals surface area contributed by atoms with Crippen LogP contribution in [0.5, 0.6) is 0 Å². The number of fused-ring (bicyclic) bond motifs is 1. The molecule has 0 unspecified atom stereocenters. The number of aliphatic hydroxyl groups excluding tert-OH is 1. The molecule has 1 saturated heterocycles. The lowest BCUT2D eigenvalue weighted by molar-refractivity contribution is -0.119. The Kier molecular flexibility index (Phi) is 3.22. The van der Waals surface area contributed by atoms with Crippen molar-refractivity contribution in [2.75, 3.05) is 13.3 Å². The molecule has 0 bridgehead atoms. The molecule has 0 radical (unpaired) electrons. The number of carbonyl (C=O) groups is 2. The summed E-state index contributed by atoms with van der Waals surface area (Å²) in [6.45, 7) is 0.372. The van der Waals surface area contributed by atoms with Gasteiger partial charge < -0.3 is 15.7 Å². The summed E-state index contributed by atoms with van der Waals surface area (Å²) in [5.74, 6) is -0.141. The second kappa shape index (κ2) is 4.90. The molecule has 5 nitrogen and oxygen atoms in total. The number of benzene rings is 1. The molecule has 0 aromatic heterocycles. The fourth-order valence-corrected chi connectivity index (χ4v) is 3.30. The first-order valence-electron chi connectivity index (χ1n) is 6.89. The molecule has 1 heterocycles. The lowest BCUT2D eigenvalue weighted by Gasteiger charge is -2.33. The topological polar surface area (TPSA) is 78.4 Å². The Morgan fingerprint density at radius 2 is 2.20 bits per heavy atom. The Labute approximate surface area is 117 Å². The Balaban J connectivity index is 1.86. The van der Waals surface area contributed by atoms with E-state index in [0.29, 0.717) is 12.0 Å². The molecule has 20 heavy (non-hydrogen) atoms. The predicted octanol–water partition coefficient (Wildman–Crippen LogP) is 0.361. The van der Waals surface area contributed by atoms with E-state index in [-0.39, 0.29) is 24.0 Å². The summed E-state index contributed by atoms with van der Waals surface area (Å²) >= 11 is 0. The lowest BCUT2D eigenvalue weighted by Crippen LogP contribution is -2.31. The minimum absolute atomic E-state index is 0.0240. The summed E-state index contributed by atoms with van der Waals surface area (Å²) in [6, 6.07) is 5.67. The number of nitrogens with one attached hydrogen (secondary N) is 2. The number of hydrogen-bond acceptors (Lipinski definition) is 3. The Bertz CT molecular complexity index is 570. The van der Waals surface area contributed by atoms with Crippen molar-refractivity contribution in [1.82, 2.24) is 10.6 Å². The largest absolute Gasteiger partial charge is 0.376 e. The van der Waals surface area contributed by atoms with E-state index in [1.807, 2.05) is 12.1 Å². The van der Waals surface area contributed by atoms with Gasteiger partial charge in [-0.2, -0.15) is 0 Å². The second-order valence-electron chi connectivity index (χ2n) is 5.78. The number of carbonyl (C=O) groups excluding carboxylic acids is 2. The van der Waals surface area contributed by atoms with Gasteiger partial charge in [-0.3, -0.25) is 9.59 Å². The third-order valence-corrected chi connectivity index (χ3v) is 4.39. The van der Waals surface area contributed by atoms with Crippen LogP contribution in [0.4, 0.5) is 0 Å². The van der Waals surface area contributed by atoms with E-state index < -0.39 is 0 Å². The number of rotatable bonds is 2. The lowest BCUT2D eigenvalue weighted by atomic mass is 9.71. The highest BCUT2D eigenvalue weighted by Gasteiger charge is 2.40. The van der Waals surface area contributed by atoms with Crippen molar-refractivity contribution in [3.05, 3.63) is 34.9 Å². The van der Waals surface area contributed by atoms with Crippen molar-refractivity contribution in [3.63, 3.8) is 0 Å². The maximum atomic E-state index is 11.8. The van der Waals surface area contributed by atoms with Crippen LogP contribution >= 0.6 is 0 Å². The number of aliphatic hydroxyl groups is 1. The third-order valence-electron chi connectivity index (χ3n) is 4.39. The van der Waals surface area contributed by atoms with Crippen LogP contribution in [0.3, 0.4) is 0 Å². The first-order valence-corrected chi connectivity index (χ1v) is 6.89. The Hall–Kier alpha value is -1.88. The molecule has 1 fully saturated rings. The molecule has 1 atom stereocenters. The molecule has 1 aliphatic heterocycles. The Morgan fingerprint density at radius 1 is 1.35 bits per heavy atom. The van der Waals surface area contributed by atoms with Crippen LogP contribution in [0, 0.1) is 5.41 Å². The van der Waals surface area contributed by atoms with E-state index in [9.17, 15) is 9.59 Å². The van der Waals surface area contributed by atoms with Gasteiger partial charge in [0.2, 0.25) is 5.91 Å². The van der Waals surface area contributed by atoms with Crippen molar-refractivity contribution >= 4 is 11.8 Å². The van der Waals surface area contributed by atoms with Gasteiger partial charge in [0.25, 0.3) is 5.91 Å². The Morgan fingerprint density at radius 3 is 2.90 bits per heavy atom. The van der Waals surface area contributed by atoms with Crippen LogP contribution < -0.4 is 10.6 Å². The molecular weight excluding hydrogens is 256 g/mol. The predicted molar refractivity (Wildman–Crippen MR) is 73.1 cm³/mol. The smallest absolute Gasteiger partial charge is 0.253 e. The molecule has 3 rings (SSSR count). The van der Waals surface area contributed by atoms with Crippen molar-refractivity contribution in [2.45, 2.75) is 25.7 Å². The summed E-state index contributed by atoms with van der Waals surface area (Å²) in [7, 11) is 0. The molecule has 2 amide bonds. The molecule has 1 aromatic carbocycles. The van der Waals surface area contributed by atoms with E-state index >= 15 is 0 Å². The summed E-state index contributed by atoms with van der Waals surface area (Å²) in [5.41, 5.74) is 3.00. The van der Waals surface area contributed by atoms with Crippen LogP contribution in [-0.2, 0) is 17.6 Å². The van der Waals surface area contributed by atoms with E-state index in [0.717, 1.165) is 31.4 Å². The van der Waals surface area contributed by atoms with Crippen molar-refractivity contribution in [2.24, 2.45) is 5.41 Å². The molecule has 1 aromatic rings. The summed E-state index contributed by atoms with van der Waals surface area (Å²) in [6.07, 6.45) is 3.38. The minimum Gasteiger partial charge on any atom is -0.376 e. The standard InChI is InChI=1S/C15H18N2O3/c18-9-17-14(20)11-2-1-10-3-4-15(6-12(10)5-11)7-13(19)16-8-15/h1-2,5,18H,3-4,6-9H2,(H,16,19)(H,17,20)/t15-/m1/s1. The summed E-state index contributed by atoms with van der Waals surface area (Å²) in [5, 5.41) is 14.1. The zero-order chi connectivity index (χ0) is 14.2.